The van der Waals surface area contributed by atoms with Crippen molar-refractivity contribution in [2.75, 3.05) is 6.61 Å². The van der Waals surface area contributed by atoms with Gasteiger partial charge in [0.05, 0.1) is 0 Å². The lowest BCUT2D eigenvalue weighted by molar-refractivity contribution is 0.0818. The Kier molecular flexibility index (Phi) is 7.87. The number of aromatic nitrogens is 1. The highest BCUT2D eigenvalue weighted by atomic mass is 35.5. The van der Waals surface area contributed by atoms with Gasteiger partial charge in [0.15, 0.2) is 0 Å². The second-order valence-corrected chi connectivity index (χ2v) is 5.31. The van der Waals surface area contributed by atoms with Gasteiger partial charge in [0.25, 0.3) is 12.3 Å². The number of hydrogen-bond acceptors (Lipinski definition) is 5. The molecule has 0 spiro atoms. The van der Waals surface area contributed by atoms with Crippen LogP contribution >= 0.6 is 23.7 Å². The molecule has 1 heterocycles. The Hall–Kier alpha value is -1.77. The lowest BCUT2D eigenvalue weighted by atomic mass is 10.2. The zero-order valence-electron chi connectivity index (χ0n) is 12.0. The van der Waals surface area contributed by atoms with Crippen molar-refractivity contribution in [3.8, 4) is 5.75 Å². The molecule has 2 aromatic rings. The van der Waals surface area contributed by atoms with Gasteiger partial charge in [-0.2, -0.15) is 0 Å². The van der Waals surface area contributed by atoms with E-state index in [1.54, 1.807) is 29.6 Å². The number of rotatable bonds is 7. The predicted octanol–water partition coefficient (Wildman–Crippen LogP) is 2.60. The van der Waals surface area contributed by atoms with Crippen molar-refractivity contribution in [3.63, 3.8) is 0 Å². The zero-order chi connectivity index (χ0) is 15.9. The van der Waals surface area contributed by atoms with Gasteiger partial charge in [-0.1, -0.05) is 12.1 Å². The van der Waals surface area contributed by atoms with Crippen molar-refractivity contribution in [2.45, 2.75) is 19.5 Å². The fourth-order valence-corrected chi connectivity index (χ4v) is 2.34. The van der Waals surface area contributed by atoms with Crippen molar-refractivity contribution in [1.29, 1.82) is 0 Å². The number of benzene rings is 1. The van der Waals surface area contributed by atoms with Crippen LogP contribution in [0.15, 0.2) is 29.6 Å². The summed E-state index contributed by atoms with van der Waals surface area (Å²) in [6.45, 7) is -0.113. The summed E-state index contributed by atoms with van der Waals surface area (Å²) < 4.78 is 29.1. The fraction of sp³-hybridized carbons (Fsp3) is 0.286. The molecule has 5 nitrogen and oxygen atoms in total. The number of ether oxygens (including phenoxy) is 1. The second kappa shape index (κ2) is 9.39. The number of hydrogen-bond donors (Lipinski definition) is 2. The lowest BCUT2D eigenvalue weighted by Gasteiger charge is -2.08. The molecule has 3 N–H and O–H groups in total. The van der Waals surface area contributed by atoms with E-state index in [0.29, 0.717) is 23.0 Å². The van der Waals surface area contributed by atoms with Crippen LogP contribution < -0.4 is 15.8 Å². The summed E-state index contributed by atoms with van der Waals surface area (Å²) in [5.41, 5.74) is 6.50. The number of thiazole rings is 1. The first-order valence-corrected chi connectivity index (χ1v) is 7.39. The number of carbonyl (C=O) groups is 1. The maximum Gasteiger partial charge on any atom is 0.272 e. The van der Waals surface area contributed by atoms with E-state index in [-0.39, 0.29) is 24.9 Å². The molecule has 0 bridgehead atoms. The summed E-state index contributed by atoms with van der Waals surface area (Å²) in [7, 11) is 0. The molecule has 1 aromatic carbocycles. The highest BCUT2D eigenvalue weighted by molar-refractivity contribution is 7.09. The van der Waals surface area contributed by atoms with E-state index in [2.05, 4.69) is 10.3 Å². The Morgan fingerprint density at radius 3 is 2.87 bits per heavy atom. The zero-order valence-corrected chi connectivity index (χ0v) is 13.6. The van der Waals surface area contributed by atoms with Gasteiger partial charge >= 0.3 is 0 Å². The molecule has 0 saturated carbocycles. The Morgan fingerprint density at radius 2 is 2.22 bits per heavy atom. The van der Waals surface area contributed by atoms with Gasteiger partial charge in [-0.05, 0) is 17.7 Å². The minimum absolute atomic E-state index is 0. The van der Waals surface area contributed by atoms with Crippen molar-refractivity contribution >= 4 is 29.7 Å². The van der Waals surface area contributed by atoms with Crippen molar-refractivity contribution < 1.29 is 18.3 Å². The molecule has 0 aliphatic heterocycles. The monoisotopic (exact) mass is 363 g/mol. The smallest absolute Gasteiger partial charge is 0.272 e. The van der Waals surface area contributed by atoms with Gasteiger partial charge in [0.1, 0.15) is 23.1 Å². The highest BCUT2D eigenvalue weighted by Crippen LogP contribution is 2.14. The number of nitrogens with zero attached hydrogens (tertiary/aromatic N) is 1. The molecule has 0 saturated heterocycles. The number of alkyl halides is 2. The molecule has 2 rings (SSSR count). The van der Waals surface area contributed by atoms with Crippen molar-refractivity contribution in [2.24, 2.45) is 5.73 Å². The van der Waals surface area contributed by atoms with Crippen molar-refractivity contribution in [1.82, 2.24) is 10.3 Å². The molecule has 23 heavy (non-hydrogen) atoms. The number of halogens is 3. The average Bonchev–Trinajstić information content (AvgIpc) is 3.00. The summed E-state index contributed by atoms with van der Waals surface area (Å²) in [6.07, 6.45) is -2.52. The molecule has 0 unspecified atom stereocenters. The topological polar surface area (TPSA) is 77.2 Å². The van der Waals surface area contributed by atoms with Crippen LogP contribution in [0.3, 0.4) is 0 Å². The van der Waals surface area contributed by atoms with Gasteiger partial charge in [-0.15, -0.1) is 23.7 Å². The molecule has 0 radical (unpaired) electrons. The number of nitrogens with one attached hydrogen (secondary N) is 1. The van der Waals surface area contributed by atoms with E-state index < -0.39 is 13.0 Å². The lowest BCUT2D eigenvalue weighted by Crippen LogP contribution is -2.23. The number of amides is 1. The van der Waals surface area contributed by atoms with E-state index >= 15 is 0 Å². The molecule has 1 amide bonds. The first-order valence-electron chi connectivity index (χ1n) is 6.51. The molecule has 0 aliphatic carbocycles. The van der Waals surface area contributed by atoms with Crippen LogP contribution in [0.1, 0.15) is 21.1 Å². The largest absolute Gasteiger partial charge is 0.488 e. The summed E-state index contributed by atoms with van der Waals surface area (Å²) in [4.78, 5) is 16.0. The quantitative estimate of drug-likeness (QED) is 0.792. The summed E-state index contributed by atoms with van der Waals surface area (Å²) in [5, 5.41) is 5.03. The van der Waals surface area contributed by atoms with E-state index in [4.69, 9.17) is 10.5 Å². The minimum Gasteiger partial charge on any atom is -0.488 e. The van der Waals surface area contributed by atoms with Crippen LogP contribution in [-0.4, -0.2) is 23.9 Å². The second-order valence-electron chi connectivity index (χ2n) is 4.36. The Bertz CT molecular complexity index is 640. The van der Waals surface area contributed by atoms with E-state index in [9.17, 15) is 13.6 Å². The Morgan fingerprint density at radius 1 is 1.43 bits per heavy atom. The third-order valence-electron chi connectivity index (χ3n) is 2.69. The summed E-state index contributed by atoms with van der Waals surface area (Å²) >= 11 is 1.32. The SMILES string of the molecule is Cl.NCc1nc(C(=O)NCc2cccc(OCC(F)F)c2)cs1. The van der Waals surface area contributed by atoms with Crippen LogP contribution in [0.5, 0.6) is 5.75 Å². The highest BCUT2D eigenvalue weighted by Gasteiger charge is 2.10. The molecular formula is C14H16ClF2N3O2S. The first-order chi connectivity index (χ1) is 10.6. The van der Waals surface area contributed by atoms with Gasteiger partial charge in [-0.3, -0.25) is 4.79 Å². The van der Waals surface area contributed by atoms with E-state index in [1.165, 1.54) is 11.3 Å². The van der Waals surface area contributed by atoms with Gasteiger partial charge in [-0.25, -0.2) is 13.8 Å². The summed E-state index contributed by atoms with van der Waals surface area (Å²) in [5.74, 6) is 0.0287. The molecular weight excluding hydrogens is 348 g/mol. The van der Waals surface area contributed by atoms with E-state index in [0.717, 1.165) is 5.56 Å². The average molecular weight is 364 g/mol. The number of nitrogens with two attached hydrogens (primary N) is 1. The van der Waals surface area contributed by atoms with Crippen molar-refractivity contribution in [3.05, 3.63) is 45.9 Å². The molecule has 0 atom stereocenters. The van der Waals surface area contributed by atoms with Gasteiger partial charge < -0.3 is 15.8 Å². The standard InChI is InChI=1S/C14H15F2N3O2S.ClH/c15-12(16)7-21-10-3-1-2-9(4-10)6-18-14(20)11-8-22-13(5-17)19-11;/h1-4,8,12H,5-7,17H2,(H,18,20);1H. The fourth-order valence-electron chi connectivity index (χ4n) is 1.69. The van der Waals surface area contributed by atoms with Crippen LogP contribution in [0.2, 0.25) is 0 Å². The van der Waals surface area contributed by atoms with Gasteiger partial charge in [0.2, 0.25) is 0 Å². The number of carbonyl (C=O) groups excluding carboxylic acids is 1. The van der Waals surface area contributed by atoms with Crippen LogP contribution in [0.25, 0.3) is 0 Å². The maximum absolute atomic E-state index is 12.1. The third kappa shape index (κ3) is 6.09. The molecule has 0 fully saturated rings. The van der Waals surface area contributed by atoms with Crippen LogP contribution in [0.4, 0.5) is 8.78 Å². The predicted molar refractivity (Wildman–Crippen MR) is 86.4 cm³/mol. The molecule has 0 aliphatic rings. The van der Waals surface area contributed by atoms with Crippen LogP contribution in [-0.2, 0) is 13.1 Å². The maximum atomic E-state index is 12.1. The first kappa shape index (κ1) is 19.3. The Labute approximate surface area is 142 Å². The Balaban J connectivity index is 0.00000264. The van der Waals surface area contributed by atoms with Gasteiger partial charge in [0, 0.05) is 18.5 Å². The summed E-state index contributed by atoms with van der Waals surface area (Å²) in [6, 6.07) is 6.64. The molecule has 126 valence electrons. The molecule has 1 aromatic heterocycles. The van der Waals surface area contributed by atoms with E-state index in [1.807, 2.05) is 0 Å². The third-order valence-corrected chi connectivity index (χ3v) is 3.56. The minimum atomic E-state index is -2.52. The van der Waals surface area contributed by atoms with Crippen LogP contribution in [0, 0.1) is 0 Å². The normalized spacial score (nSPS) is 10.3. The molecule has 9 heteroatoms.